The van der Waals surface area contributed by atoms with Gasteiger partial charge in [-0.3, -0.25) is 14.7 Å². The van der Waals surface area contributed by atoms with Gasteiger partial charge in [-0.25, -0.2) is 9.97 Å². The Labute approximate surface area is 181 Å². The molecule has 0 saturated carbocycles. The molecular formula is C23H26N6O2. The number of carbonyl (C=O) groups excluding carboxylic acids is 1. The minimum atomic E-state index is -0.00286. The van der Waals surface area contributed by atoms with Crippen LogP contribution in [0.1, 0.15) is 24.5 Å². The molecule has 1 fully saturated rings. The van der Waals surface area contributed by atoms with Crippen LogP contribution in [-0.4, -0.2) is 52.5 Å². The molecule has 8 heteroatoms. The number of anilines is 3. The Balaban J connectivity index is 1.27. The quantitative estimate of drug-likeness (QED) is 0.607. The fourth-order valence-corrected chi connectivity index (χ4v) is 3.71. The number of aromatic nitrogens is 3. The third-order valence-corrected chi connectivity index (χ3v) is 5.34. The number of likely N-dealkylation sites (tertiary alicyclic amines) is 1. The van der Waals surface area contributed by atoms with Crippen LogP contribution < -0.4 is 15.4 Å². The van der Waals surface area contributed by atoms with E-state index in [1.807, 2.05) is 36.4 Å². The summed E-state index contributed by atoms with van der Waals surface area (Å²) in [5.74, 6) is 2.58. The van der Waals surface area contributed by atoms with Crippen LogP contribution in [0.4, 0.5) is 17.3 Å². The molecule has 160 valence electrons. The summed E-state index contributed by atoms with van der Waals surface area (Å²) in [7, 11) is 1.62. The summed E-state index contributed by atoms with van der Waals surface area (Å²) in [4.78, 5) is 27.6. The molecule has 1 saturated heterocycles. The standard InChI is InChI=1S/C23H26N6O2/c1-31-19-7-5-18(6-8-19)26-23(30)16-29-13-9-17(10-14-29)20-3-2-4-21(27-20)28-22-15-24-11-12-25-22/h2-8,11-12,15,17H,9-10,13-14,16H2,1H3,(H,26,30)(H,25,27,28). The first-order valence-electron chi connectivity index (χ1n) is 10.4. The third kappa shape index (κ3) is 5.76. The van der Waals surface area contributed by atoms with Crippen LogP contribution in [-0.2, 0) is 4.79 Å². The van der Waals surface area contributed by atoms with E-state index in [1.165, 1.54) is 0 Å². The van der Waals surface area contributed by atoms with Crippen LogP contribution in [0.5, 0.6) is 5.75 Å². The Morgan fingerprint density at radius 2 is 1.90 bits per heavy atom. The Morgan fingerprint density at radius 1 is 1.10 bits per heavy atom. The van der Waals surface area contributed by atoms with Gasteiger partial charge in [-0.05, 0) is 62.3 Å². The highest BCUT2D eigenvalue weighted by atomic mass is 16.5. The number of amides is 1. The second-order valence-electron chi connectivity index (χ2n) is 7.49. The van der Waals surface area contributed by atoms with Crippen molar-refractivity contribution in [1.29, 1.82) is 0 Å². The molecule has 0 aliphatic carbocycles. The van der Waals surface area contributed by atoms with Gasteiger partial charge >= 0.3 is 0 Å². The van der Waals surface area contributed by atoms with Gasteiger partial charge in [0.05, 0.1) is 19.9 Å². The first-order valence-corrected chi connectivity index (χ1v) is 10.4. The minimum absolute atomic E-state index is 0.00286. The van der Waals surface area contributed by atoms with E-state index in [0.29, 0.717) is 18.3 Å². The number of methoxy groups -OCH3 is 1. The van der Waals surface area contributed by atoms with Crippen LogP contribution in [0.15, 0.2) is 61.1 Å². The minimum Gasteiger partial charge on any atom is -0.497 e. The second-order valence-corrected chi connectivity index (χ2v) is 7.49. The molecule has 1 aliphatic heterocycles. The van der Waals surface area contributed by atoms with Crippen molar-refractivity contribution in [3.8, 4) is 5.75 Å². The smallest absolute Gasteiger partial charge is 0.238 e. The van der Waals surface area contributed by atoms with Crippen LogP contribution >= 0.6 is 0 Å². The molecule has 0 spiro atoms. The van der Waals surface area contributed by atoms with E-state index in [-0.39, 0.29) is 5.91 Å². The largest absolute Gasteiger partial charge is 0.497 e. The second kappa shape index (κ2) is 9.99. The van der Waals surface area contributed by atoms with E-state index in [1.54, 1.807) is 25.7 Å². The summed E-state index contributed by atoms with van der Waals surface area (Å²) in [5.41, 5.74) is 1.84. The number of nitrogens with zero attached hydrogens (tertiary/aromatic N) is 4. The molecule has 31 heavy (non-hydrogen) atoms. The van der Waals surface area contributed by atoms with Gasteiger partial charge in [-0.1, -0.05) is 6.07 Å². The number of benzene rings is 1. The predicted molar refractivity (Wildman–Crippen MR) is 120 cm³/mol. The highest BCUT2D eigenvalue weighted by Gasteiger charge is 2.23. The molecule has 0 radical (unpaired) electrons. The Morgan fingerprint density at radius 3 is 2.61 bits per heavy atom. The number of hydrogen-bond donors (Lipinski definition) is 2. The van der Waals surface area contributed by atoms with E-state index in [9.17, 15) is 4.79 Å². The Bertz CT molecular complexity index is 988. The lowest BCUT2D eigenvalue weighted by molar-refractivity contribution is -0.117. The number of hydrogen-bond acceptors (Lipinski definition) is 7. The van der Waals surface area contributed by atoms with Gasteiger partial charge in [0.25, 0.3) is 0 Å². The van der Waals surface area contributed by atoms with E-state index in [4.69, 9.17) is 9.72 Å². The van der Waals surface area contributed by atoms with Gasteiger partial charge in [0.15, 0.2) is 0 Å². The van der Waals surface area contributed by atoms with Crippen LogP contribution in [0.2, 0.25) is 0 Å². The number of rotatable bonds is 7. The molecule has 0 bridgehead atoms. The molecule has 2 N–H and O–H groups in total. The number of pyridine rings is 1. The van der Waals surface area contributed by atoms with Crippen molar-refractivity contribution < 1.29 is 9.53 Å². The molecule has 1 aliphatic rings. The maximum atomic E-state index is 12.4. The summed E-state index contributed by atoms with van der Waals surface area (Å²) < 4.78 is 5.14. The average molecular weight is 419 g/mol. The van der Waals surface area contributed by atoms with Gasteiger partial charge in [0, 0.05) is 29.7 Å². The van der Waals surface area contributed by atoms with Crippen LogP contribution in [0.3, 0.4) is 0 Å². The summed E-state index contributed by atoms with van der Waals surface area (Å²) in [5, 5.41) is 6.14. The first-order chi connectivity index (χ1) is 15.2. The SMILES string of the molecule is COc1ccc(NC(=O)CN2CCC(c3cccc(Nc4cnccn4)n3)CC2)cc1. The zero-order valence-electron chi connectivity index (χ0n) is 17.5. The van der Waals surface area contributed by atoms with E-state index in [2.05, 4.69) is 31.6 Å². The van der Waals surface area contributed by atoms with Crippen molar-refractivity contribution in [3.05, 3.63) is 66.7 Å². The van der Waals surface area contributed by atoms with Crippen LogP contribution in [0.25, 0.3) is 0 Å². The monoisotopic (exact) mass is 418 g/mol. The number of ether oxygens (including phenoxy) is 1. The van der Waals surface area contributed by atoms with Crippen molar-refractivity contribution in [2.45, 2.75) is 18.8 Å². The third-order valence-electron chi connectivity index (χ3n) is 5.34. The lowest BCUT2D eigenvalue weighted by Gasteiger charge is -2.31. The number of nitrogens with one attached hydrogen (secondary N) is 2. The van der Waals surface area contributed by atoms with Gasteiger partial charge < -0.3 is 15.4 Å². The lowest BCUT2D eigenvalue weighted by Crippen LogP contribution is -2.38. The fourth-order valence-electron chi connectivity index (χ4n) is 3.71. The average Bonchev–Trinajstić information content (AvgIpc) is 2.81. The lowest BCUT2D eigenvalue weighted by atomic mass is 9.93. The maximum absolute atomic E-state index is 12.4. The van der Waals surface area contributed by atoms with E-state index >= 15 is 0 Å². The maximum Gasteiger partial charge on any atom is 0.238 e. The van der Waals surface area contributed by atoms with Crippen molar-refractivity contribution in [2.24, 2.45) is 0 Å². The highest BCUT2D eigenvalue weighted by Crippen LogP contribution is 2.28. The Kier molecular flexibility index (Phi) is 6.68. The van der Waals surface area contributed by atoms with E-state index in [0.717, 1.165) is 48.9 Å². The zero-order valence-corrected chi connectivity index (χ0v) is 17.5. The summed E-state index contributed by atoms with van der Waals surface area (Å²) in [6.45, 7) is 2.12. The van der Waals surface area contributed by atoms with Gasteiger partial charge in [0.2, 0.25) is 5.91 Å². The van der Waals surface area contributed by atoms with Crippen molar-refractivity contribution >= 4 is 23.2 Å². The van der Waals surface area contributed by atoms with Gasteiger partial charge in [-0.15, -0.1) is 0 Å². The molecule has 8 nitrogen and oxygen atoms in total. The zero-order chi connectivity index (χ0) is 21.5. The molecule has 0 atom stereocenters. The van der Waals surface area contributed by atoms with Crippen LogP contribution in [0, 0.1) is 0 Å². The first kappa shape index (κ1) is 20.7. The normalized spacial score (nSPS) is 14.7. The molecule has 1 amide bonds. The number of carbonyl (C=O) groups is 1. The van der Waals surface area contributed by atoms with Crippen molar-refractivity contribution in [2.75, 3.05) is 37.4 Å². The summed E-state index contributed by atoms with van der Waals surface area (Å²) in [6.07, 6.45) is 6.89. The van der Waals surface area contributed by atoms with Crippen molar-refractivity contribution in [3.63, 3.8) is 0 Å². The fraction of sp³-hybridized carbons (Fsp3) is 0.304. The molecule has 4 rings (SSSR count). The Hall–Kier alpha value is -3.52. The molecule has 3 heterocycles. The predicted octanol–water partition coefficient (Wildman–Crippen LogP) is 3.44. The van der Waals surface area contributed by atoms with Gasteiger partial charge in [-0.2, -0.15) is 0 Å². The van der Waals surface area contributed by atoms with Crippen molar-refractivity contribution in [1.82, 2.24) is 19.9 Å². The van der Waals surface area contributed by atoms with Gasteiger partial charge in [0.1, 0.15) is 17.4 Å². The molecule has 1 aromatic carbocycles. The number of piperidine rings is 1. The topological polar surface area (TPSA) is 92.3 Å². The van der Waals surface area contributed by atoms with E-state index < -0.39 is 0 Å². The molecule has 0 unspecified atom stereocenters. The summed E-state index contributed by atoms with van der Waals surface area (Å²) in [6, 6.07) is 13.4. The molecule has 3 aromatic rings. The molecular weight excluding hydrogens is 392 g/mol. The molecule has 2 aromatic heterocycles. The summed E-state index contributed by atoms with van der Waals surface area (Å²) >= 11 is 0. The highest BCUT2D eigenvalue weighted by molar-refractivity contribution is 5.92.